The molecule has 0 amide bonds. The van der Waals surface area contributed by atoms with E-state index in [-0.39, 0.29) is 0 Å². The summed E-state index contributed by atoms with van der Waals surface area (Å²) in [5, 5.41) is 1.21. The van der Waals surface area contributed by atoms with Crippen LogP contribution in [0.15, 0.2) is 36.5 Å². The van der Waals surface area contributed by atoms with Crippen molar-refractivity contribution in [1.82, 2.24) is 4.98 Å². The summed E-state index contributed by atoms with van der Waals surface area (Å²) in [5.41, 5.74) is 3.08. The van der Waals surface area contributed by atoms with Crippen LogP contribution in [0.1, 0.15) is 5.56 Å². The number of benzene rings is 1. The molecule has 0 bridgehead atoms. The van der Waals surface area contributed by atoms with E-state index in [1.54, 1.807) is 6.20 Å². The fourth-order valence-corrected chi connectivity index (χ4v) is 1.86. The van der Waals surface area contributed by atoms with Gasteiger partial charge >= 0.3 is 0 Å². The van der Waals surface area contributed by atoms with E-state index >= 15 is 0 Å². The quantitative estimate of drug-likeness (QED) is 0.672. The lowest BCUT2D eigenvalue weighted by atomic mass is 10.0. The van der Waals surface area contributed by atoms with E-state index in [1.165, 1.54) is 0 Å². The summed E-state index contributed by atoms with van der Waals surface area (Å²) in [6.07, 6.45) is 1.75. The van der Waals surface area contributed by atoms with Crippen molar-refractivity contribution < 1.29 is 0 Å². The molecule has 0 N–H and O–H groups in total. The SMILES string of the molecule is Cc1cnc(Cl)cc1-c1ccccc1Cl. The van der Waals surface area contributed by atoms with Crippen LogP contribution in [-0.4, -0.2) is 4.98 Å². The molecular weight excluding hydrogens is 229 g/mol. The number of aromatic nitrogens is 1. The van der Waals surface area contributed by atoms with Gasteiger partial charge in [0.1, 0.15) is 5.15 Å². The first-order valence-corrected chi connectivity index (χ1v) is 5.31. The third-order valence-corrected chi connectivity index (χ3v) is 2.77. The molecule has 76 valence electrons. The monoisotopic (exact) mass is 237 g/mol. The smallest absolute Gasteiger partial charge is 0.129 e. The van der Waals surface area contributed by atoms with Gasteiger partial charge in [0.05, 0.1) is 0 Å². The van der Waals surface area contributed by atoms with E-state index in [9.17, 15) is 0 Å². The van der Waals surface area contributed by atoms with Gasteiger partial charge in [-0.1, -0.05) is 41.4 Å². The third-order valence-electron chi connectivity index (χ3n) is 2.23. The van der Waals surface area contributed by atoms with Crippen LogP contribution < -0.4 is 0 Å². The van der Waals surface area contributed by atoms with Crippen molar-refractivity contribution in [2.75, 3.05) is 0 Å². The van der Waals surface area contributed by atoms with Gasteiger partial charge < -0.3 is 0 Å². The van der Waals surface area contributed by atoms with Crippen LogP contribution in [0.3, 0.4) is 0 Å². The fourth-order valence-electron chi connectivity index (χ4n) is 1.47. The minimum atomic E-state index is 0.482. The number of nitrogens with zero attached hydrogens (tertiary/aromatic N) is 1. The average Bonchev–Trinajstić information content (AvgIpc) is 2.23. The van der Waals surface area contributed by atoms with Crippen LogP contribution in [0.2, 0.25) is 10.2 Å². The molecule has 0 spiro atoms. The number of hydrogen-bond acceptors (Lipinski definition) is 1. The van der Waals surface area contributed by atoms with Gasteiger partial charge in [-0.3, -0.25) is 0 Å². The van der Waals surface area contributed by atoms with Crippen molar-refractivity contribution in [3.05, 3.63) is 52.3 Å². The van der Waals surface area contributed by atoms with Crippen LogP contribution in [0, 0.1) is 6.92 Å². The lowest BCUT2D eigenvalue weighted by Gasteiger charge is -2.07. The summed E-state index contributed by atoms with van der Waals surface area (Å²) in [7, 11) is 0. The maximum absolute atomic E-state index is 6.12. The Hall–Kier alpha value is -1.05. The second-order valence-electron chi connectivity index (χ2n) is 3.30. The number of hydrogen-bond donors (Lipinski definition) is 0. The summed E-state index contributed by atoms with van der Waals surface area (Å²) in [4.78, 5) is 4.02. The van der Waals surface area contributed by atoms with Gasteiger partial charge in [0.15, 0.2) is 0 Å². The molecule has 2 rings (SSSR count). The minimum Gasteiger partial charge on any atom is -0.244 e. The van der Waals surface area contributed by atoms with Gasteiger partial charge in [-0.05, 0) is 30.2 Å². The predicted molar refractivity (Wildman–Crippen MR) is 64.4 cm³/mol. The minimum absolute atomic E-state index is 0.482. The highest BCUT2D eigenvalue weighted by Gasteiger charge is 2.06. The summed E-state index contributed by atoms with van der Waals surface area (Å²) >= 11 is 12.0. The zero-order valence-corrected chi connectivity index (χ0v) is 9.68. The Bertz CT molecular complexity index is 495. The van der Waals surface area contributed by atoms with Crippen molar-refractivity contribution in [3.63, 3.8) is 0 Å². The Morgan fingerprint density at radius 1 is 1.07 bits per heavy atom. The van der Waals surface area contributed by atoms with E-state index < -0.39 is 0 Å². The molecular formula is C12H9Cl2N. The molecule has 0 radical (unpaired) electrons. The zero-order valence-electron chi connectivity index (χ0n) is 8.17. The third kappa shape index (κ3) is 2.14. The van der Waals surface area contributed by atoms with Gasteiger partial charge in [-0.25, -0.2) is 4.98 Å². The summed E-state index contributed by atoms with van der Waals surface area (Å²) in [6, 6.07) is 9.53. The fraction of sp³-hybridized carbons (Fsp3) is 0.0833. The van der Waals surface area contributed by atoms with Crippen molar-refractivity contribution in [2.45, 2.75) is 6.92 Å². The van der Waals surface area contributed by atoms with Gasteiger partial charge in [0, 0.05) is 16.8 Å². The number of pyridine rings is 1. The molecule has 1 heterocycles. The standard InChI is InChI=1S/C12H9Cl2N/c1-8-7-15-12(14)6-10(8)9-4-2-3-5-11(9)13/h2-7H,1H3. The molecule has 1 nitrogen and oxygen atoms in total. The maximum Gasteiger partial charge on any atom is 0.129 e. The molecule has 0 saturated heterocycles. The number of aryl methyl sites for hydroxylation is 1. The van der Waals surface area contributed by atoms with Gasteiger partial charge in [0.25, 0.3) is 0 Å². The molecule has 2 aromatic rings. The van der Waals surface area contributed by atoms with Crippen LogP contribution in [0.25, 0.3) is 11.1 Å². The highest BCUT2D eigenvalue weighted by molar-refractivity contribution is 6.33. The number of rotatable bonds is 1. The molecule has 1 aromatic heterocycles. The summed E-state index contributed by atoms with van der Waals surface area (Å²) in [6.45, 7) is 1.99. The molecule has 0 unspecified atom stereocenters. The van der Waals surface area contributed by atoms with E-state index in [0.717, 1.165) is 21.7 Å². The van der Waals surface area contributed by atoms with Crippen LogP contribution in [0.5, 0.6) is 0 Å². The molecule has 0 fully saturated rings. The van der Waals surface area contributed by atoms with Gasteiger partial charge in [-0.15, -0.1) is 0 Å². The summed E-state index contributed by atoms with van der Waals surface area (Å²) < 4.78 is 0. The molecule has 0 atom stereocenters. The van der Waals surface area contributed by atoms with E-state index in [4.69, 9.17) is 23.2 Å². The van der Waals surface area contributed by atoms with Crippen molar-refractivity contribution in [3.8, 4) is 11.1 Å². The van der Waals surface area contributed by atoms with E-state index in [2.05, 4.69) is 4.98 Å². The van der Waals surface area contributed by atoms with Crippen LogP contribution in [0.4, 0.5) is 0 Å². The topological polar surface area (TPSA) is 12.9 Å². The molecule has 1 aromatic carbocycles. The van der Waals surface area contributed by atoms with Gasteiger partial charge in [0.2, 0.25) is 0 Å². The van der Waals surface area contributed by atoms with Gasteiger partial charge in [-0.2, -0.15) is 0 Å². The lowest BCUT2D eigenvalue weighted by molar-refractivity contribution is 1.27. The lowest BCUT2D eigenvalue weighted by Crippen LogP contribution is -1.86. The highest BCUT2D eigenvalue weighted by Crippen LogP contribution is 2.30. The van der Waals surface area contributed by atoms with Crippen LogP contribution in [-0.2, 0) is 0 Å². The largest absolute Gasteiger partial charge is 0.244 e. The Balaban J connectivity index is 2.64. The molecule has 15 heavy (non-hydrogen) atoms. The Labute approximate surface area is 98.7 Å². The van der Waals surface area contributed by atoms with E-state index in [0.29, 0.717) is 5.15 Å². The maximum atomic E-state index is 6.12. The predicted octanol–water partition coefficient (Wildman–Crippen LogP) is 4.36. The first kappa shape index (κ1) is 10.5. The molecule has 3 heteroatoms. The molecule has 0 saturated carbocycles. The second kappa shape index (κ2) is 4.21. The molecule has 0 aliphatic rings. The first-order chi connectivity index (χ1) is 7.18. The normalized spacial score (nSPS) is 10.3. The average molecular weight is 238 g/mol. The van der Waals surface area contributed by atoms with Crippen LogP contribution >= 0.6 is 23.2 Å². The highest BCUT2D eigenvalue weighted by atomic mass is 35.5. The first-order valence-electron chi connectivity index (χ1n) is 4.55. The Morgan fingerprint density at radius 2 is 1.80 bits per heavy atom. The zero-order chi connectivity index (χ0) is 10.8. The van der Waals surface area contributed by atoms with Crippen molar-refractivity contribution in [2.24, 2.45) is 0 Å². The van der Waals surface area contributed by atoms with Crippen molar-refractivity contribution in [1.29, 1.82) is 0 Å². The van der Waals surface area contributed by atoms with E-state index in [1.807, 2.05) is 37.3 Å². The summed E-state index contributed by atoms with van der Waals surface area (Å²) in [5.74, 6) is 0. The number of halogens is 2. The Morgan fingerprint density at radius 3 is 2.53 bits per heavy atom. The molecule has 0 aliphatic heterocycles. The molecule has 0 aliphatic carbocycles. The Kier molecular flexibility index (Phi) is 2.94. The van der Waals surface area contributed by atoms with Crippen molar-refractivity contribution >= 4 is 23.2 Å². The second-order valence-corrected chi connectivity index (χ2v) is 4.10.